The molecule has 0 spiro atoms. The molecule has 4 atom stereocenters. The Kier molecular flexibility index (Phi) is 4.24. The number of aryl methyl sites for hydroxylation is 1. The maximum atomic E-state index is 12.2. The molecule has 0 amide bonds. The minimum Gasteiger partial charge on any atom is -0.366 e. The van der Waals surface area contributed by atoms with Crippen molar-refractivity contribution in [3.05, 3.63) is 29.8 Å². The second-order valence-corrected chi connectivity index (χ2v) is 7.80. The van der Waals surface area contributed by atoms with Crippen LogP contribution in [-0.2, 0) is 28.5 Å². The van der Waals surface area contributed by atoms with Gasteiger partial charge < -0.3 is 19.3 Å². The van der Waals surface area contributed by atoms with Gasteiger partial charge in [0, 0.05) is 0 Å². The minimum absolute atomic E-state index is 0.0714. The van der Waals surface area contributed by atoms with Crippen molar-refractivity contribution >= 4 is 10.1 Å². The number of hydrogen-bond donors (Lipinski definition) is 1. The van der Waals surface area contributed by atoms with Crippen LogP contribution in [0.4, 0.5) is 0 Å². The lowest BCUT2D eigenvalue weighted by Crippen LogP contribution is -2.33. The lowest BCUT2D eigenvalue weighted by Gasteiger charge is -2.22. The zero-order valence-electron chi connectivity index (χ0n) is 13.1. The first-order chi connectivity index (χ1) is 10.7. The van der Waals surface area contributed by atoms with Gasteiger partial charge in [0.25, 0.3) is 10.1 Å². The fraction of sp³-hybridized carbons (Fsp3) is 0.600. The maximum absolute atomic E-state index is 12.2. The summed E-state index contributed by atoms with van der Waals surface area (Å²) in [6.07, 6.45) is -3.12. The van der Waals surface area contributed by atoms with Gasteiger partial charge in [0.05, 0.1) is 11.5 Å². The largest absolute Gasteiger partial charge is 0.366 e. The van der Waals surface area contributed by atoms with Gasteiger partial charge in [-0.25, -0.2) is 0 Å². The van der Waals surface area contributed by atoms with Crippen molar-refractivity contribution in [2.24, 2.45) is 0 Å². The van der Waals surface area contributed by atoms with E-state index >= 15 is 0 Å². The van der Waals surface area contributed by atoms with Crippen LogP contribution >= 0.6 is 0 Å². The summed E-state index contributed by atoms with van der Waals surface area (Å²) in [5.74, 6) is -0.853. The first kappa shape index (κ1) is 16.8. The van der Waals surface area contributed by atoms with Crippen molar-refractivity contribution < 1.29 is 31.9 Å². The number of ether oxygens (including phenoxy) is 3. The number of aliphatic hydroxyl groups excluding tert-OH is 1. The van der Waals surface area contributed by atoms with Gasteiger partial charge in [-0.15, -0.1) is 0 Å². The van der Waals surface area contributed by atoms with Gasteiger partial charge >= 0.3 is 0 Å². The predicted octanol–water partition coefficient (Wildman–Crippen LogP) is 0.938. The molecule has 7 nitrogen and oxygen atoms in total. The van der Waals surface area contributed by atoms with Crippen molar-refractivity contribution in [2.45, 2.75) is 56.1 Å². The topological polar surface area (TPSA) is 91.3 Å². The quantitative estimate of drug-likeness (QED) is 0.813. The molecule has 0 saturated carbocycles. The van der Waals surface area contributed by atoms with Gasteiger partial charge in [-0.05, 0) is 32.9 Å². The Bertz CT molecular complexity index is 668. The van der Waals surface area contributed by atoms with Crippen LogP contribution in [0, 0.1) is 6.92 Å². The Labute approximate surface area is 135 Å². The Morgan fingerprint density at radius 3 is 2.43 bits per heavy atom. The van der Waals surface area contributed by atoms with Gasteiger partial charge in [-0.2, -0.15) is 8.42 Å². The van der Waals surface area contributed by atoms with Gasteiger partial charge in [0.2, 0.25) is 0 Å². The molecular weight excluding hydrogens is 324 g/mol. The lowest BCUT2D eigenvalue weighted by molar-refractivity contribution is -0.222. The highest BCUT2D eigenvalue weighted by molar-refractivity contribution is 7.86. The monoisotopic (exact) mass is 344 g/mol. The standard InChI is InChI=1S/C15H20O7S/c1-9-4-6-10(7-5-9)23(17,18)19-8-11-12-13(14(16)20-11)22-15(2,3)21-12/h4-7,11-14,16H,8H2,1-3H3/t11-,12+,13+,14?/m1/s1. The van der Waals surface area contributed by atoms with E-state index in [2.05, 4.69) is 0 Å². The zero-order chi connectivity index (χ0) is 16.8. The number of hydrogen-bond acceptors (Lipinski definition) is 7. The molecule has 2 saturated heterocycles. The third kappa shape index (κ3) is 3.42. The van der Waals surface area contributed by atoms with Crippen LogP contribution in [0.25, 0.3) is 0 Å². The third-order valence-electron chi connectivity index (χ3n) is 3.82. The summed E-state index contributed by atoms with van der Waals surface area (Å²) >= 11 is 0. The average molecular weight is 344 g/mol. The molecule has 2 fully saturated rings. The summed E-state index contributed by atoms with van der Waals surface area (Å²) in [5.41, 5.74) is 0.952. The number of fused-ring (bicyclic) bond motifs is 1. The van der Waals surface area contributed by atoms with Crippen molar-refractivity contribution in [3.8, 4) is 0 Å². The third-order valence-corrected chi connectivity index (χ3v) is 5.12. The molecule has 1 aromatic rings. The molecule has 2 aliphatic rings. The van der Waals surface area contributed by atoms with Crippen LogP contribution in [0.3, 0.4) is 0 Å². The van der Waals surface area contributed by atoms with Crippen molar-refractivity contribution in [1.82, 2.24) is 0 Å². The summed E-state index contributed by atoms with van der Waals surface area (Å²) in [6, 6.07) is 6.35. The highest BCUT2D eigenvalue weighted by Crippen LogP contribution is 2.38. The summed E-state index contributed by atoms with van der Waals surface area (Å²) in [7, 11) is -3.90. The van der Waals surface area contributed by atoms with E-state index < -0.39 is 40.5 Å². The number of aliphatic hydroxyl groups is 1. The molecule has 128 valence electrons. The molecule has 1 unspecified atom stereocenters. The van der Waals surface area contributed by atoms with E-state index in [9.17, 15) is 13.5 Å². The lowest BCUT2D eigenvalue weighted by atomic mass is 10.1. The molecule has 0 aliphatic carbocycles. The fourth-order valence-corrected chi connectivity index (χ4v) is 3.64. The fourth-order valence-electron chi connectivity index (χ4n) is 2.72. The first-order valence-corrected chi connectivity index (χ1v) is 8.74. The van der Waals surface area contributed by atoms with E-state index in [0.29, 0.717) is 0 Å². The average Bonchev–Trinajstić information content (AvgIpc) is 2.92. The molecule has 2 aliphatic heterocycles. The molecule has 3 rings (SSSR count). The highest BCUT2D eigenvalue weighted by atomic mass is 32.2. The SMILES string of the molecule is Cc1ccc(S(=O)(=O)OC[C@H]2OC(O)[C@H]3OC(C)(C)O[C@H]32)cc1. The van der Waals surface area contributed by atoms with Crippen molar-refractivity contribution in [3.63, 3.8) is 0 Å². The van der Waals surface area contributed by atoms with E-state index in [1.54, 1.807) is 26.0 Å². The minimum atomic E-state index is -3.90. The predicted molar refractivity (Wildman–Crippen MR) is 79.0 cm³/mol. The molecule has 0 radical (unpaired) electrons. The maximum Gasteiger partial charge on any atom is 0.297 e. The van der Waals surface area contributed by atoms with E-state index in [0.717, 1.165) is 5.56 Å². The molecule has 1 aromatic carbocycles. The molecule has 0 aromatic heterocycles. The van der Waals surface area contributed by atoms with Crippen LogP contribution in [-0.4, -0.2) is 50.5 Å². The number of rotatable bonds is 4. The first-order valence-electron chi connectivity index (χ1n) is 7.33. The molecule has 0 bridgehead atoms. The second kappa shape index (κ2) is 5.80. The molecule has 1 N–H and O–H groups in total. The zero-order valence-corrected chi connectivity index (χ0v) is 13.9. The van der Waals surface area contributed by atoms with Gasteiger partial charge in [-0.1, -0.05) is 17.7 Å². The van der Waals surface area contributed by atoms with Gasteiger partial charge in [-0.3, -0.25) is 4.18 Å². The van der Waals surface area contributed by atoms with Crippen LogP contribution < -0.4 is 0 Å². The Morgan fingerprint density at radius 1 is 1.17 bits per heavy atom. The van der Waals surface area contributed by atoms with Crippen molar-refractivity contribution in [2.75, 3.05) is 6.61 Å². The molecule has 2 heterocycles. The van der Waals surface area contributed by atoms with E-state index in [1.807, 2.05) is 6.92 Å². The summed E-state index contributed by atoms with van der Waals surface area (Å²) in [5, 5.41) is 9.85. The normalized spacial score (nSPS) is 32.9. The van der Waals surface area contributed by atoms with Gasteiger partial charge in [0.1, 0.15) is 18.3 Å². The van der Waals surface area contributed by atoms with E-state index in [4.69, 9.17) is 18.4 Å². The Morgan fingerprint density at radius 2 is 1.78 bits per heavy atom. The molecule has 8 heteroatoms. The second-order valence-electron chi connectivity index (χ2n) is 6.18. The van der Waals surface area contributed by atoms with Crippen LogP contribution in [0.2, 0.25) is 0 Å². The summed E-state index contributed by atoms with van der Waals surface area (Å²) < 4.78 is 45.9. The highest BCUT2D eigenvalue weighted by Gasteiger charge is 2.55. The van der Waals surface area contributed by atoms with Crippen LogP contribution in [0.5, 0.6) is 0 Å². The smallest absolute Gasteiger partial charge is 0.297 e. The van der Waals surface area contributed by atoms with E-state index in [-0.39, 0.29) is 11.5 Å². The molecular formula is C15H20O7S. The summed E-state index contributed by atoms with van der Waals surface area (Å²) in [6.45, 7) is 5.05. The Hall–Kier alpha value is -1.03. The summed E-state index contributed by atoms with van der Waals surface area (Å²) in [4.78, 5) is 0.0714. The van der Waals surface area contributed by atoms with Crippen LogP contribution in [0.15, 0.2) is 29.2 Å². The molecule has 23 heavy (non-hydrogen) atoms. The Balaban J connectivity index is 1.67. The van der Waals surface area contributed by atoms with Crippen molar-refractivity contribution in [1.29, 1.82) is 0 Å². The number of benzene rings is 1. The van der Waals surface area contributed by atoms with Gasteiger partial charge in [0.15, 0.2) is 12.1 Å². The van der Waals surface area contributed by atoms with Crippen LogP contribution in [0.1, 0.15) is 19.4 Å². The van der Waals surface area contributed by atoms with E-state index in [1.165, 1.54) is 12.1 Å².